The van der Waals surface area contributed by atoms with Crippen LogP contribution >= 0.6 is 0 Å². The van der Waals surface area contributed by atoms with Crippen LogP contribution in [0.25, 0.3) is 0 Å². The number of piperidine rings is 1. The summed E-state index contributed by atoms with van der Waals surface area (Å²) in [6.07, 6.45) is 3.15. The fraction of sp³-hybridized carbons (Fsp3) is 0.588. The van der Waals surface area contributed by atoms with Crippen molar-refractivity contribution >= 4 is 15.9 Å². The molecule has 1 spiro atoms. The molecule has 0 bridgehead atoms. The molecule has 2 saturated heterocycles. The largest absolute Gasteiger partial charge is 0.341 e. The molecule has 132 valence electrons. The van der Waals surface area contributed by atoms with Gasteiger partial charge in [-0.05, 0) is 50.3 Å². The number of sulfonamides is 1. The third-order valence-corrected chi connectivity index (χ3v) is 6.78. The Balaban J connectivity index is 1.59. The first kappa shape index (κ1) is 17.4. The van der Waals surface area contributed by atoms with Crippen molar-refractivity contribution < 1.29 is 13.2 Å². The molecule has 0 aromatic heterocycles. The molecule has 7 heteroatoms. The molecule has 2 aliphatic rings. The Hall–Kier alpha value is -1.44. The summed E-state index contributed by atoms with van der Waals surface area (Å²) >= 11 is 0. The molecule has 3 rings (SSSR count). The Kier molecular flexibility index (Phi) is 4.94. The quantitative estimate of drug-likeness (QED) is 0.847. The van der Waals surface area contributed by atoms with E-state index in [9.17, 15) is 13.2 Å². The molecule has 1 aromatic rings. The number of carbonyl (C=O) groups is 1. The summed E-state index contributed by atoms with van der Waals surface area (Å²) in [7, 11) is -3.67. The minimum atomic E-state index is -3.67. The average Bonchev–Trinajstić information content (AvgIpc) is 3.03. The fourth-order valence-electron chi connectivity index (χ4n) is 3.65. The van der Waals surface area contributed by atoms with Gasteiger partial charge in [-0.2, -0.15) is 4.72 Å². The number of nitrogens with zero attached hydrogens (tertiary/aromatic N) is 1. The molecular formula is C17H25N3O3S. The highest BCUT2D eigenvalue weighted by Gasteiger charge is 2.39. The van der Waals surface area contributed by atoms with Gasteiger partial charge in [0.2, 0.25) is 15.9 Å². The third kappa shape index (κ3) is 3.63. The molecule has 1 aromatic carbocycles. The molecule has 1 atom stereocenters. The van der Waals surface area contributed by atoms with Crippen LogP contribution in [0.5, 0.6) is 0 Å². The van der Waals surface area contributed by atoms with Gasteiger partial charge in [0.1, 0.15) is 0 Å². The van der Waals surface area contributed by atoms with Crippen LogP contribution in [0.3, 0.4) is 0 Å². The van der Waals surface area contributed by atoms with Gasteiger partial charge >= 0.3 is 0 Å². The summed E-state index contributed by atoms with van der Waals surface area (Å²) in [5.41, 5.74) is 0.337. The van der Waals surface area contributed by atoms with Crippen LogP contribution in [-0.2, 0) is 14.8 Å². The summed E-state index contributed by atoms with van der Waals surface area (Å²) in [6, 6.07) is 7.39. The highest BCUT2D eigenvalue weighted by molar-refractivity contribution is 7.89. The number of hydrogen-bond donors (Lipinski definition) is 2. The van der Waals surface area contributed by atoms with Crippen molar-refractivity contribution in [3.05, 3.63) is 30.3 Å². The number of rotatable bonds is 4. The predicted molar refractivity (Wildman–Crippen MR) is 92.0 cm³/mol. The van der Waals surface area contributed by atoms with Crippen LogP contribution < -0.4 is 10.0 Å². The SMILES string of the molecule is CC(NS(=O)(=O)c1ccccc1)C(=O)N1CCC2(CCNC2)CC1. The van der Waals surface area contributed by atoms with Crippen molar-refractivity contribution in [1.82, 2.24) is 14.9 Å². The first-order chi connectivity index (χ1) is 11.4. The number of carbonyl (C=O) groups excluding carboxylic acids is 1. The van der Waals surface area contributed by atoms with E-state index in [2.05, 4.69) is 10.0 Å². The van der Waals surface area contributed by atoms with E-state index in [-0.39, 0.29) is 10.8 Å². The highest BCUT2D eigenvalue weighted by atomic mass is 32.2. The zero-order chi connectivity index (χ0) is 17.2. The lowest BCUT2D eigenvalue weighted by molar-refractivity contribution is -0.134. The molecule has 2 heterocycles. The van der Waals surface area contributed by atoms with Gasteiger partial charge < -0.3 is 10.2 Å². The smallest absolute Gasteiger partial charge is 0.241 e. The predicted octanol–water partition coefficient (Wildman–Crippen LogP) is 0.955. The van der Waals surface area contributed by atoms with Crippen LogP contribution in [-0.4, -0.2) is 51.4 Å². The van der Waals surface area contributed by atoms with E-state index in [1.54, 1.807) is 30.0 Å². The van der Waals surface area contributed by atoms with E-state index in [1.165, 1.54) is 18.6 Å². The Morgan fingerprint density at radius 2 is 1.88 bits per heavy atom. The maximum absolute atomic E-state index is 12.6. The summed E-state index contributed by atoms with van der Waals surface area (Å²) in [6.45, 7) is 5.12. The zero-order valence-corrected chi connectivity index (χ0v) is 14.8. The van der Waals surface area contributed by atoms with Crippen LogP contribution in [0.4, 0.5) is 0 Å². The van der Waals surface area contributed by atoms with Gasteiger partial charge in [0.25, 0.3) is 0 Å². The monoisotopic (exact) mass is 351 g/mol. The topological polar surface area (TPSA) is 78.5 Å². The number of nitrogens with one attached hydrogen (secondary N) is 2. The summed E-state index contributed by atoms with van der Waals surface area (Å²) in [5, 5.41) is 3.40. The van der Waals surface area contributed by atoms with Crippen LogP contribution in [0.1, 0.15) is 26.2 Å². The summed E-state index contributed by atoms with van der Waals surface area (Å²) in [5.74, 6) is -0.143. The standard InChI is InChI=1S/C17H25N3O3S/c1-14(19-24(22,23)15-5-3-2-4-6-15)16(21)20-11-8-17(9-12-20)7-10-18-13-17/h2-6,14,18-19H,7-13H2,1H3. The van der Waals surface area contributed by atoms with Crippen molar-refractivity contribution in [1.29, 1.82) is 0 Å². The highest BCUT2D eigenvalue weighted by Crippen LogP contribution is 2.36. The van der Waals surface area contributed by atoms with Crippen molar-refractivity contribution in [3.63, 3.8) is 0 Å². The molecule has 0 radical (unpaired) electrons. The number of benzene rings is 1. The lowest BCUT2D eigenvalue weighted by Gasteiger charge is -2.39. The van der Waals surface area contributed by atoms with Gasteiger partial charge in [0.15, 0.2) is 0 Å². The minimum Gasteiger partial charge on any atom is -0.341 e. The Labute approximate surface area is 143 Å². The fourth-order valence-corrected chi connectivity index (χ4v) is 4.87. The third-order valence-electron chi connectivity index (χ3n) is 5.22. The molecule has 1 unspecified atom stereocenters. The molecular weight excluding hydrogens is 326 g/mol. The molecule has 24 heavy (non-hydrogen) atoms. The molecule has 6 nitrogen and oxygen atoms in total. The van der Waals surface area contributed by atoms with E-state index < -0.39 is 16.1 Å². The normalized spacial score (nSPS) is 21.8. The molecule has 2 aliphatic heterocycles. The second kappa shape index (κ2) is 6.82. The van der Waals surface area contributed by atoms with Gasteiger partial charge in [-0.3, -0.25) is 4.79 Å². The van der Waals surface area contributed by atoms with Gasteiger partial charge in [-0.15, -0.1) is 0 Å². The lowest BCUT2D eigenvalue weighted by atomic mass is 9.78. The maximum atomic E-state index is 12.6. The van der Waals surface area contributed by atoms with Gasteiger partial charge in [0.05, 0.1) is 10.9 Å². The molecule has 0 aliphatic carbocycles. The van der Waals surface area contributed by atoms with Crippen molar-refractivity contribution in [2.24, 2.45) is 5.41 Å². The maximum Gasteiger partial charge on any atom is 0.241 e. The average molecular weight is 351 g/mol. The number of amides is 1. The van der Waals surface area contributed by atoms with Crippen LogP contribution in [0.2, 0.25) is 0 Å². The van der Waals surface area contributed by atoms with E-state index in [0.29, 0.717) is 18.5 Å². The Morgan fingerprint density at radius 3 is 2.46 bits per heavy atom. The van der Waals surface area contributed by atoms with Gasteiger partial charge in [-0.1, -0.05) is 18.2 Å². The van der Waals surface area contributed by atoms with Crippen molar-refractivity contribution in [2.75, 3.05) is 26.2 Å². The molecule has 2 N–H and O–H groups in total. The summed E-state index contributed by atoms with van der Waals surface area (Å²) in [4.78, 5) is 14.6. The summed E-state index contributed by atoms with van der Waals surface area (Å²) < 4.78 is 27.2. The number of hydrogen-bond acceptors (Lipinski definition) is 4. The van der Waals surface area contributed by atoms with Crippen LogP contribution in [0.15, 0.2) is 35.2 Å². The van der Waals surface area contributed by atoms with Gasteiger partial charge in [0, 0.05) is 19.6 Å². The first-order valence-electron chi connectivity index (χ1n) is 8.49. The van der Waals surface area contributed by atoms with E-state index >= 15 is 0 Å². The zero-order valence-electron chi connectivity index (χ0n) is 14.0. The van der Waals surface area contributed by atoms with E-state index in [1.807, 2.05) is 0 Å². The number of likely N-dealkylation sites (tertiary alicyclic amines) is 1. The van der Waals surface area contributed by atoms with Crippen molar-refractivity contribution in [2.45, 2.75) is 37.1 Å². The second-order valence-electron chi connectivity index (χ2n) is 6.91. The first-order valence-corrected chi connectivity index (χ1v) is 9.97. The van der Waals surface area contributed by atoms with Gasteiger partial charge in [-0.25, -0.2) is 8.42 Å². The van der Waals surface area contributed by atoms with E-state index in [4.69, 9.17) is 0 Å². The minimum absolute atomic E-state index is 0.143. The second-order valence-corrected chi connectivity index (χ2v) is 8.62. The molecule has 1 amide bonds. The lowest BCUT2D eigenvalue weighted by Crippen LogP contribution is -2.51. The van der Waals surface area contributed by atoms with Crippen LogP contribution in [0, 0.1) is 5.41 Å². The Bertz CT molecular complexity index is 674. The van der Waals surface area contributed by atoms with E-state index in [0.717, 1.165) is 25.9 Å². The Morgan fingerprint density at radius 1 is 1.21 bits per heavy atom. The van der Waals surface area contributed by atoms with Crippen molar-refractivity contribution in [3.8, 4) is 0 Å². The molecule has 2 fully saturated rings. The molecule has 0 saturated carbocycles.